The number of hydrogen-bond donors (Lipinski definition) is 0. The first-order valence-corrected chi connectivity index (χ1v) is 9.52. The maximum atomic E-state index is 13.1. The number of aromatic nitrogens is 1. The van der Waals surface area contributed by atoms with Crippen LogP contribution >= 0.6 is 0 Å². The molecule has 1 aliphatic rings. The molecule has 3 aromatic rings. The van der Waals surface area contributed by atoms with Crippen molar-refractivity contribution in [1.82, 2.24) is 4.57 Å². The van der Waals surface area contributed by atoms with Gasteiger partial charge in [0, 0.05) is 23.0 Å². The second-order valence-electron chi connectivity index (χ2n) is 7.09. The zero-order valence-corrected chi connectivity index (χ0v) is 15.9. The van der Waals surface area contributed by atoms with Crippen molar-refractivity contribution in [2.24, 2.45) is 0 Å². The predicted octanol–water partition coefficient (Wildman–Crippen LogP) is 6.06. The Hall–Kier alpha value is -3.02. The van der Waals surface area contributed by atoms with E-state index in [4.69, 9.17) is 4.74 Å². The molecule has 4 rings (SSSR count). The van der Waals surface area contributed by atoms with Crippen LogP contribution in [0.25, 0.3) is 17.0 Å². The fourth-order valence-electron chi connectivity index (χ4n) is 3.51. The van der Waals surface area contributed by atoms with Gasteiger partial charge in [0.2, 0.25) is 0 Å². The van der Waals surface area contributed by atoms with Crippen LogP contribution < -0.4 is 0 Å². The van der Waals surface area contributed by atoms with Crippen molar-refractivity contribution in [2.45, 2.75) is 32.5 Å². The van der Waals surface area contributed by atoms with Gasteiger partial charge in [-0.2, -0.15) is 13.2 Å². The number of carbonyl (C=O) groups is 1. The van der Waals surface area contributed by atoms with Crippen LogP contribution in [-0.2, 0) is 17.5 Å². The van der Waals surface area contributed by atoms with Crippen molar-refractivity contribution < 1.29 is 22.7 Å². The van der Waals surface area contributed by atoms with Gasteiger partial charge in [-0.05, 0) is 43.5 Å². The third-order valence-corrected chi connectivity index (χ3v) is 4.96. The van der Waals surface area contributed by atoms with Crippen molar-refractivity contribution in [3.05, 3.63) is 76.5 Å². The first-order chi connectivity index (χ1) is 13.9. The highest BCUT2D eigenvalue weighted by atomic mass is 19.4. The summed E-state index contributed by atoms with van der Waals surface area (Å²) in [5.41, 5.74) is 2.96. The number of hydrogen-bond acceptors (Lipinski definition) is 2. The zero-order chi connectivity index (χ0) is 20.6. The molecule has 3 nitrogen and oxygen atoms in total. The average Bonchev–Trinajstić information content (AvgIpc) is 3.45. The molecular formula is C23H20F3NO2. The van der Waals surface area contributed by atoms with Crippen molar-refractivity contribution >= 4 is 22.9 Å². The number of alkyl halides is 3. The number of benzene rings is 2. The van der Waals surface area contributed by atoms with Crippen LogP contribution in [0.4, 0.5) is 13.2 Å². The number of rotatable bonds is 5. The van der Waals surface area contributed by atoms with Crippen molar-refractivity contribution in [3.8, 4) is 0 Å². The number of esters is 1. The van der Waals surface area contributed by atoms with Gasteiger partial charge in [-0.15, -0.1) is 0 Å². The highest BCUT2D eigenvalue weighted by molar-refractivity contribution is 6.03. The second-order valence-corrected chi connectivity index (χ2v) is 7.09. The van der Waals surface area contributed by atoms with E-state index in [1.807, 2.05) is 30.3 Å². The van der Waals surface area contributed by atoms with Gasteiger partial charge in [-0.25, -0.2) is 4.79 Å². The summed E-state index contributed by atoms with van der Waals surface area (Å²) in [7, 11) is 0. The van der Waals surface area contributed by atoms with E-state index >= 15 is 0 Å². The molecular weight excluding hydrogens is 379 g/mol. The fourth-order valence-corrected chi connectivity index (χ4v) is 3.51. The SMILES string of the molecule is CCOC(=O)c1c(C=C2CC2)c2ccccc2n1Cc1cccc(C(F)(F)F)c1. The Bertz CT molecular complexity index is 1100. The van der Waals surface area contributed by atoms with Crippen LogP contribution in [-0.4, -0.2) is 17.1 Å². The lowest BCUT2D eigenvalue weighted by molar-refractivity contribution is -0.137. The Balaban J connectivity index is 1.88. The molecule has 0 aliphatic heterocycles. The molecule has 1 aromatic heterocycles. The van der Waals surface area contributed by atoms with Crippen LogP contribution in [0, 0.1) is 0 Å². The molecule has 0 radical (unpaired) electrons. The standard InChI is InChI=1S/C23H20F3NO2/c1-2-29-22(28)21-19(13-15-10-11-15)18-8-3-4-9-20(18)27(21)14-16-6-5-7-17(12-16)23(24,25)26/h3-9,12-13H,2,10-11,14H2,1H3. The molecule has 0 saturated heterocycles. The normalized spacial score (nSPS) is 13.6. The van der Waals surface area contributed by atoms with Crippen molar-refractivity contribution in [1.29, 1.82) is 0 Å². The Morgan fingerprint density at radius 2 is 1.90 bits per heavy atom. The predicted molar refractivity (Wildman–Crippen MR) is 106 cm³/mol. The number of carbonyl (C=O) groups excluding carboxylic acids is 1. The molecule has 1 saturated carbocycles. The van der Waals surface area contributed by atoms with Crippen molar-refractivity contribution in [3.63, 3.8) is 0 Å². The third-order valence-electron chi connectivity index (χ3n) is 4.96. The lowest BCUT2D eigenvalue weighted by Crippen LogP contribution is -2.14. The van der Waals surface area contributed by atoms with Gasteiger partial charge in [0.25, 0.3) is 0 Å². The summed E-state index contributed by atoms with van der Waals surface area (Å²) >= 11 is 0. The fraction of sp³-hybridized carbons (Fsp3) is 0.261. The summed E-state index contributed by atoms with van der Waals surface area (Å²) in [6.45, 7) is 2.10. The van der Waals surface area contributed by atoms with Gasteiger partial charge in [-0.1, -0.05) is 42.0 Å². The number of allylic oxidation sites excluding steroid dienone is 1. The first kappa shape index (κ1) is 19.3. The highest BCUT2D eigenvalue weighted by Crippen LogP contribution is 2.36. The van der Waals surface area contributed by atoms with Crippen LogP contribution in [0.3, 0.4) is 0 Å². The Morgan fingerprint density at radius 3 is 2.59 bits per heavy atom. The highest BCUT2D eigenvalue weighted by Gasteiger charge is 2.31. The Labute approximate surface area is 166 Å². The molecule has 0 unspecified atom stereocenters. The molecule has 0 atom stereocenters. The summed E-state index contributed by atoms with van der Waals surface area (Å²) in [5, 5.41) is 0.891. The average molecular weight is 399 g/mol. The molecule has 1 aliphatic carbocycles. The maximum Gasteiger partial charge on any atom is 0.416 e. The van der Waals surface area contributed by atoms with Crippen LogP contribution in [0.1, 0.15) is 46.9 Å². The Morgan fingerprint density at radius 1 is 1.14 bits per heavy atom. The molecule has 6 heteroatoms. The van der Waals surface area contributed by atoms with Crippen LogP contribution in [0.15, 0.2) is 54.1 Å². The van der Waals surface area contributed by atoms with Gasteiger partial charge in [0.1, 0.15) is 5.69 Å². The van der Waals surface area contributed by atoms with E-state index < -0.39 is 17.7 Å². The molecule has 0 spiro atoms. The molecule has 150 valence electrons. The maximum absolute atomic E-state index is 13.1. The van der Waals surface area contributed by atoms with E-state index in [0.29, 0.717) is 11.3 Å². The molecule has 0 bridgehead atoms. The van der Waals surface area contributed by atoms with Gasteiger partial charge in [-0.3, -0.25) is 0 Å². The monoisotopic (exact) mass is 399 g/mol. The number of halogens is 3. The Kier molecular flexibility index (Phi) is 4.94. The van der Waals surface area contributed by atoms with Crippen LogP contribution in [0.5, 0.6) is 0 Å². The van der Waals surface area contributed by atoms with Gasteiger partial charge in [0.05, 0.1) is 12.2 Å². The van der Waals surface area contributed by atoms with Gasteiger partial charge >= 0.3 is 12.1 Å². The topological polar surface area (TPSA) is 31.2 Å². The quantitative estimate of drug-likeness (QED) is 0.488. The zero-order valence-electron chi connectivity index (χ0n) is 15.9. The minimum atomic E-state index is -4.42. The summed E-state index contributed by atoms with van der Waals surface area (Å²) < 4.78 is 46.4. The minimum absolute atomic E-state index is 0.141. The number of nitrogens with zero attached hydrogens (tertiary/aromatic N) is 1. The van der Waals surface area contributed by atoms with E-state index in [-0.39, 0.29) is 13.2 Å². The van der Waals surface area contributed by atoms with E-state index in [1.54, 1.807) is 17.6 Å². The smallest absolute Gasteiger partial charge is 0.416 e. The molecule has 0 N–H and O–H groups in total. The second kappa shape index (κ2) is 7.43. The first-order valence-electron chi connectivity index (χ1n) is 9.52. The number of fused-ring (bicyclic) bond motifs is 1. The summed E-state index contributed by atoms with van der Waals surface area (Å²) in [6, 6.07) is 12.7. The molecule has 29 heavy (non-hydrogen) atoms. The number of para-hydroxylation sites is 1. The van der Waals surface area contributed by atoms with E-state index in [0.717, 1.165) is 41.4 Å². The minimum Gasteiger partial charge on any atom is -0.461 e. The molecule has 2 aromatic carbocycles. The molecule has 1 heterocycles. The van der Waals surface area contributed by atoms with E-state index in [1.165, 1.54) is 11.6 Å². The van der Waals surface area contributed by atoms with Gasteiger partial charge in [0.15, 0.2) is 0 Å². The summed E-state index contributed by atoms with van der Waals surface area (Å²) in [4.78, 5) is 12.8. The lowest BCUT2D eigenvalue weighted by atomic mass is 10.1. The van der Waals surface area contributed by atoms with Gasteiger partial charge < -0.3 is 9.30 Å². The van der Waals surface area contributed by atoms with E-state index in [2.05, 4.69) is 0 Å². The molecule has 0 amide bonds. The largest absolute Gasteiger partial charge is 0.461 e. The summed E-state index contributed by atoms with van der Waals surface area (Å²) in [5.74, 6) is -0.469. The summed E-state index contributed by atoms with van der Waals surface area (Å²) in [6.07, 6.45) is -0.414. The number of ether oxygens (including phenoxy) is 1. The lowest BCUT2D eigenvalue weighted by Gasteiger charge is -2.13. The van der Waals surface area contributed by atoms with Crippen molar-refractivity contribution in [2.75, 3.05) is 6.61 Å². The third kappa shape index (κ3) is 3.92. The van der Waals surface area contributed by atoms with Crippen LogP contribution in [0.2, 0.25) is 0 Å². The molecule has 1 fully saturated rings. The van der Waals surface area contributed by atoms with E-state index in [9.17, 15) is 18.0 Å².